The maximum absolute atomic E-state index is 3.47. The largest absolute Gasteiger partial charge is 0.315 e. The quantitative estimate of drug-likeness (QED) is 0.807. The van der Waals surface area contributed by atoms with Crippen molar-refractivity contribution < 1.29 is 0 Å². The van der Waals surface area contributed by atoms with Crippen LogP contribution in [0.5, 0.6) is 0 Å². The monoisotopic (exact) mass is 241 g/mol. The van der Waals surface area contributed by atoms with Crippen LogP contribution in [0.4, 0.5) is 0 Å². The highest BCUT2D eigenvalue weighted by molar-refractivity contribution is 4.85. The first-order valence-electron chi connectivity index (χ1n) is 6.90. The van der Waals surface area contributed by atoms with Crippen LogP contribution in [0.3, 0.4) is 0 Å². The Labute approximate surface area is 108 Å². The Balaban J connectivity index is 2.49. The van der Waals surface area contributed by atoms with Crippen LogP contribution in [-0.2, 0) is 0 Å². The van der Waals surface area contributed by atoms with Crippen LogP contribution in [0.2, 0.25) is 0 Å². The summed E-state index contributed by atoms with van der Waals surface area (Å²) < 4.78 is 0. The number of rotatable bonds is 4. The number of hydrogen-bond donors (Lipinski definition) is 1. The summed E-state index contributed by atoms with van der Waals surface area (Å²) in [5.41, 5.74) is 0.323. The summed E-state index contributed by atoms with van der Waals surface area (Å²) in [7, 11) is 6.59. The molecule has 1 N–H and O–H groups in total. The van der Waals surface area contributed by atoms with Crippen LogP contribution >= 0.6 is 0 Å². The molecule has 1 fully saturated rings. The molecule has 102 valence electrons. The van der Waals surface area contributed by atoms with E-state index in [-0.39, 0.29) is 0 Å². The second-order valence-electron chi connectivity index (χ2n) is 6.71. The average Bonchev–Trinajstić information content (AvgIpc) is 2.23. The molecule has 0 aromatic rings. The molecule has 2 atom stereocenters. The van der Waals surface area contributed by atoms with E-state index in [0.29, 0.717) is 11.5 Å². The lowest BCUT2D eigenvalue weighted by Crippen LogP contribution is -2.52. The summed E-state index contributed by atoms with van der Waals surface area (Å²) in [6.07, 6.45) is 2.69. The fourth-order valence-corrected chi connectivity index (χ4v) is 2.73. The van der Waals surface area contributed by atoms with E-state index in [9.17, 15) is 0 Å². The van der Waals surface area contributed by atoms with Gasteiger partial charge in [0.1, 0.15) is 0 Å². The van der Waals surface area contributed by atoms with Crippen molar-refractivity contribution in [2.75, 3.05) is 40.8 Å². The first-order valence-corrected chi connectivity index (χ1v) is 6.90. The summed E-state index contributed by atoms with van der Waals surface area (Å²) in [5, 5.41) is 3.47. The van der Waals surface area contributed by atoms with Crippen LogP contribution in [0, 0.1) is 5.41 Å². The fourth-order valence-electron chi connectivity index (χ4n) is 2.73. The van der Waals surface area contributed by atoms with Crippen LogP contribution in [0.15, 0.2) is 0 Å². The Morgan fingerprint density at radius 1 is 1.41 bits per heavy atom. The molecule has 0 aromatic heterocycles. The van der Waals surface area contributed by atoms with Crippen molar-refractivity contribution in [3.63, 3.8) is 0 Å². The Bertz CT molecular complexity index is 222. The summed E-state index contributed by atoms with van der Waals surface area (Å²) in [6.45, 7) is 10.6. The molecule has 0 saturated carbocycles. The fraction of sp³-hybridized carbons (Fsp3) is 1.00. The first-order chi connectivity index (χ1) is 7.84. The molecule has 1 aliphatic rings. The van der Waals surface area contributed by atoms with E-state index in [2.05, 4.69) is 57.0 Å². The van der Waals surface area contributed by atoms with Gasteiger partial charge in [-0.3, -0.25) is 0 Å². The van der Waals surface area contributed by atoms with Gasteiger partial charge in [0.15, 0.2) is 0 Å². The summed E-state index contributed by atoms with van der Waals surface area (Å²) in [5.74, 6) is 0. The maximum atomic E-state index is 3.47. The van der Waals surface area contributed by atoms with Gasteiger partial charge in [-0.05, 0) is 45.9 Å². The van der Waals surface area contributed by atoms with Crippen LogP contribution in [0.1, 0.15) is 33.6 Å². The highest BCUT2D eigenvalue weighted by Crippen LogP contribution is 2.21. The van der Waals surface area contributed by atoms with Crippen molar-refractivity contribution in [2.45, 2.75) is 45.7 Å². The van der Waals surface area contributed by atoms with Crippen molar-refractivity contribution >= 4 is 0 Å². The van der Waals surface area contributed by atoms with Crippen molar-refractivity contribution in [3.05, 3.63) is 0 Å². The number of likely N-dealkylation sites (tertiary alicyclic amines) is 1. The van der Waals surface area contributed by atoms with Crippen molar-refractivity contribution in [1.29, 1.82) is 0 Å². The van der Waals surface area contributed by atoms with Gasteiger partial charge in [-0.15, -0.1) is 0 Å². The lowest BCUT2D eigenvalue weighted by atomic mass is 9.86. The summed E-state index contributed by atoms with van der Waals surface area (Å²) >= 11 is 0. The maximum Gasteiger partial charge on any atom is 0.0240 e. The molecule has 0 bridgehead atoms. The number of nitrogens with one attached hydrogen (secondary N) is 1. The minimum atomic E-state index is 0.323. The number of likely N-dealkylation sites (N-methyl/N-ethyl adjacent to an activating group) is 3. The normalized spacial score (nSPS) is 25.2. The predicted octanol–water partition coefficient (Wildman–Crippen LogP) is 1.65. The van der Waals surface area contributed by atoms with Crippen LogP contribution in [0.25, 0.3) is 0 Å². The Kier molecular flexibility index (Phi) is 5.42. The van der Waals surface area contributed by atoms with Gasteiger partial charge in [-0.1, -0.05) is 20.8 Å². The highest BCUT2D eigenvalue weighted by atomic mass is 15.2. The van der Waals surface area contributed by atoms with E-state index < -0.39 is 0 Å². The second kappa shape index (κ2) is 6.17. The molecule has 0 amide bonds. The van der Waals surface area contributed by atoms with Gasteiger partial charge in [-0.2, -0.15) is 0 Å². The summed E-state index contributed by atoms with van der Waals surface area (Å²) in [6, 6.07) is 1.28. The van der Waals surface area contributed by atoms with Gasteiger partial charge < -0.3 is 15.1 Å². The Hall–Kier alpha value is -0.120. The third kappa shape index (κ3) is 4.57. The zero-order chi connectivity index (χ0) is 13.1. The first kappa shape index (κ1) is 14.9. The lowest BCUT2D eigenvalue weighted by molar-refractivity contribution is 0.107. The number of nitrogens with zero attached hydrogens (tertiary/aromatic N) is 2. The summed E-state index contributed by atoms with van der Waals surface area (Å²) in [4.78, 5) is 5.00. The van der Waals surface area contributed by atoms with Crippen molar-refractivity contribution in [3.8, 4) is 0 Å². The minimum absolute atomic E-state index is 0.323. The molecule has 1 heterocycles. The average molecular weight is 241 g/mol. The van der Waals surface area contributed by atoms with Crippen LogP contribution < -0.4 is 5.32 Å². The van der Waals surface area contributed by atoms with Crippen molar-refractivity contribution in [1.82, 2.24) is 15.1 Å². The van der Waals surface area contributed by atoms with Crippen molar-refractivity contribution in [2.24, 2.45) is 5.41 Å². The molecule has 1 rings (SSSR count). The van der Waals surface area contributed by atoms with E-state index in [1.54, 1.807) is 0 Å². The zero-order valence-electron chi connectivity index (χ0n) is 12.6. The third-order valence-corrected chi connectivity index (χ3v) is 4.09. The Morgan fingerprint density at radius 2 is 2.06 bits per heavy atom. The Morgan fingerprint density at radius 3 is 2.53 bits per heavy atom. The zero-order valence-corrected chi connectivity index (χ0v) is 12.6. The van der Waals surface area contributed by atoms with Gasteiger partial charge in [-0.25, -0.2) is 0 Å². The highest BCUT2D eigenvalue weighted by Gasteiger charge is 2.28. The van der Waals surface area contributed by atoms with Gasteiger partial charge in [0.05, 0.1) is 0 Å². The molecule has 1 aliphatic heterocycles. The molecule has 2 unspecified atom stereocenters. The molecular formula is C14H31N3. The van der Waals surface area contributed by atoms with E-state index in [4.69, 9.17) is 0 Å². The molecule has 17 heavy (non-hydrogen) atoms. The van der Waals surface area contributed by atoms with E-state index in [0.717, 1.165) is 12.6 Å². The number of piperidine rings is 1. The van der Waals surface area contributed by atoms with Gasteiger partial charge in [0.25, 0.3) is 0 Å². The third-order valence-electron chi connectivity index (χ3n) is 4.09. The van der Waals surface area contributed by atoms with E-state index in [1.165, 1.54) is 25.9 Å². The standard InChI is InChI=1S/C14H31N3/c1-14(2,3)13(15-4)11-17(6)12-8-7-9-16(5)10-12/h12-13,15H,7-11H2,1-6H3. The minimum Gasteiger partial charge on any atom is -0.315 e. The molecule has 0 aliphatic carbocycles. The van der Waals surface area contributed by atoms with Gasteiger partial charge in [0, 0.05) is 25.2 Å². The molecule has 3 nitrogen and oxygen atoms in total. The van der Waals surface area contributed by atoms with Crippen LogP contribution in [-0.4, -0.2) is 62.7 Å². The van der Waals surface area contributed by atoms with Gasteiger partial charge in [0.2, 0.25) is 0 Å². The van der Waals surface area contributed by atoms with E-state index >= 15 is 0 Å². The van der Waals surface area contributed by atoms with E-state index in [1.807, 2.05) is 0 Å². The molecular weight excluding hydrogens is 210 g/mol. The lowest BCUT2D eigenvalue weighted by Gasteiger charge is -2.40. The SMILES string of the molecule is CNC(CN(C)C1CCCN(C)C1)C(C)(C)C. The second-order valence-corrected chi connectivity index (χ2v) is 6.71. The predicted molar refractivity (Wildman–Crippen MR) is 75.5 cm³/mol. The molecule has 1 saturated heterocycles. The smallest absolute Gasteiger partial charge is 0.0240 e. The number of hydrogen-bond acceptors (Lipinski definition) is 3. The topological polar surface area (TPSA) is 18.5 Å². The van der Waals surface area contributed by atoms with Gasteiger partial charge >= 0.3 is 0 Å². The molecule has 0 aromatic carbocycles. The molecule has 0 radical (unpaired) electrons. The molecule has 3 heteroatoms. The molecule has 0 spiro atoms.